The highest BCUT2D eigenvalue weighted by atomic mass is 14.9. The fraction of sp³-hybridized carbons (Fsp3) is 0.188. The summed E-state index contributed by atoms with van der Waals surface area (Å²) in [7, 11) is 0. The van der Waals surface area contributed by atoms with Crippen LogP contribution in [0, 0.1) is 6.04 Å². The molecule has 2 nitrogen and oxygen atoms in total. The largest absolute Gasteiger partial charge is 0.385 e. The summed E-state index contributed by atoms with van der Waals surface area (Å²) < 4.78 is 0. The molecule has 0 atom stereocenters. The molecule has 0 saturated carbocycles. The van der Waals surface area contributed by atoms with E-state index in [0.717, 1.165) is 18.7 Å². The van der Waals surface area contributed by atoms with Crippen molar-refractivity contribution in [1.82, 2.24) is 0 Å². The van der Waals surface area contributed by atoms with Crippen molar-refractivity contribution in [1.29, 1.82) is 0 Å². The molecular weight excluding hydrogens is 220 g/mol. The van der Waals surface area contributed by atoms with E-state index in [4.69, 9.17) is 0 Å². The molecule has 0 aliphatic carbocycles. The molecule has 2 rings (SSSR count). The van der Waals surface area contributed by atoms with Crippen molar-refractivity contribution in [2.45, 2.75) is 13.3 Å². The molecule has 1 radical (unpaired) electrons. The summed E-state index contributed by atoms with van der Waals surface area (Å²) in [6, 6.07) is 21.8. The van der Waals surface area contributed by atoms with Crippen LogP contribution < -0.4 is 10.6 Å². The van der Waals surface area contributed by atoms with Crippen LogP contribution in [0.15, 0.2) is 60.7 Å². The maximum Gasteiger partial charge on any atom is 0.0589 e. The zero-order valence-electron chi connectivity index (χ0n) is 10.7. The van der Waals surface area contributed by atoms with E-state index < -0.39 is 0 Å². The fourth-order valence-electron chi connectivity index (χ4n) is 1.78. The third-order valence-electron chi connectivity index (χ3n) is 2.73. The number of hydrogen-bond donors (Lipinski definition) is 2. The number of nitrogens with one attached hydrogen (secondary N) is 2. The van der Waals surface area contributed by atoms with Crippen LogP contribution in [0.2, 0.25) is 0 Å². The standard InChI is InChI=1S/C16H19N2/c1-14(18-16-10-6-3-7-11-16)12-13-17-15-8-4-2-5-9-15/h2-11,17-18H,12-13H2,1H3. The molecule has 0 aliphatic rings. The van der Waals surface area contributed by atoms with Gasteiger partial charge in [0, 0.05) is 17.9 Å². The summed E-state index contributed by atoms with van der Waals surface area (Å²) in [6.45, 7) is 3.06. The second-order valence-electron chi connectivity index (χ2n) is 4.31. The second kappa shape index (κ2) is 6.70. The third-order valence-corrected chi connectivity index (χ3v) is 2.73. The molecule has 18 heavy (non-hydrogen) atoms. The van der Waals surface area contributed by atoms with Gasteiger partial charge in [0.1, 0.15) is 0 Å². The number of hydrogen-bond acceptors (Lipinski definition) is 2. The topological polar surface area (TPSA) is 24.1 Å². The minimum Gasteiger partial charge on any atom is -0.385 e. The van der Waals surface area contributed by atoms with Gasteiger partial charge in [-0.1, -0.05) is 36.4 Å². The van der Waals surface area contributed by atoms with Crippen molar-refractivity contribution in [3.8, 4) is 0 Å². The van der Waals surface area contributed by atoms with Crippen LogP contribution in [0.1, 0.15) is 13.3 Å². The second-order valence-corrected chi connectivity index (χ2v) is 4.31. The number of para-hydroxylation sites is 2. The van der Waals surface area contributed by atoms with Gasteiger partial charge in [0.15, 0.2) is 0 Å². The molecule has 0 unspecified atom stereocenters. The Morgan fingerprint density at radius 2 is 1.39 bits per heavy atom. The Bertz CT molecular complexity index is 439. The molecular formula is C16H19N2. The molecule has 0 spiro atoms. The van der Waals surface area contributed by atoms with E-state index in [2.05, 4.69) is 41.8 Å². The van der Waals surface area contributed by atoms with Crippen LogP contribution in [0.5, 0.6) is 0 Å². The van der Waals surface area contributed by atoms with Gasteiger partial charge >= 0.3 is 0 Å². The highest BCUT2D eigenvalue weighted by Crippen LogP contribution is 2.13. The first kappa shape index (κ1) is 12.5. The van der Waals surface area contributed by atoms with Gasteiger partial charge in [-0.05, 0) is 37.6 Å². The van der Waals surface area contributed by atoms with Crippen molar-refractivity contribution in [3.05, 3.63) is 66.7 Å². The zero-order chi connectivity index (χ0) is 12.6. The normalized spacial score (nSPS) is 10.3. The highest BCUT2D eigenvalue weighted by Gasteiger charge is 2.02. The molecule has 0 amide bonds. The first-order chi connectivity index (χ1) is 8.84. The molecule has 0 bridgehead atoms. The van der Waals surface area contributed by atoms with E-state index in [-0.39, 0.29) is 0 Å². The fourth-order valence-corrected chi connectivity index (χ4v) is 1.78. The Morgan fingerprint density at radius 3 is 2.00 bits per heavy atom. The highest BCUT2D eigenvalue weighted by molar-refractivity contribution is 5.46. The van der Waals surface area contributed by atoms with Gasteiger partial charge in [-0.15, -0.1) is 0 Å². The average molecular weight is 239 g/mol. The number of anilines is 2. The van der Waals surface area contributed by atoms with E-state index in [0.29, 0.717) is 0 Å². The lowest BCUT2D eigenvalue weighted by Gasteiger charge is -2.15. The smallest absolute Gasteiger partial charge is 0.0589 e. The summed E-state index contributed by atoms with van der Waals surface area (Å²) in [5.74, 6) is 0. The van der Waals surface area contributed by atoms with Crippen LogP contribution in [0.25, 0.3) is 0 Å². The SMILES string of the molecule is C[C](CCNc1ccccc1)Nc1ccccc1. The first-order valence-corrected chi connectivity index (χ1v) is 6.28. The Kier molecular flexibility index (Phi) is 4.65. The molecule has 2 aromatic rings. The number of benzene rings is 2. The molecule has 93 valence electrons. The van der Waals surface area contributed by atoms with Crippen LogP contribution >= 0.6 is 0 Å². The Hall–Kier alpha value is -1.96. The summed E-state index contributed by atoms with van der Waals surface area (Å²) in [5.41, 5.74) is 2.32. The number of rotatable bonds is 6. The Morgan fingerprint density at radius 1 is 0.833 bits per heavy atom. The van der Waals surface area contributed by atoms with Gasteiger partial charge in [-0.3, -0.25) is 0 Å². The lowest BCUT2D eigenvalue weighted by molar-refractivity contribution is 0.879. The van der Waals surface area contributed by atoms with Gasteiger partial charge in [-0.25, -0.2) is 0 Å². The van der Waals surface area contributed by atoms with Gasteiger partial charge in [0.05, 0.1) is 6.04 Å². The van der Waals surface area contributed by atoms with Crippen LogP contribution in [-0.2, 0) is 0 Å². The van der Waals surface area contributed by atoms with E-state index >= 15 is 0 Å². The molecule has 0 saturated heterocycles. The molecule has 2 N–H and O–H groups in total. The summed E-state index contributed by atoms with van der Waals surface area (Å²) in [4.78, 5) is 0. The monoisotopic (exact) mass is 239 g/mol. The van der Waals surface area contributed by atoms with Crippen molar-refractivity contribution in [2.75, 3.05) is 17.2 Å². The van der Waals surface area contributed by atoms with E-state index in [1.165, 1.54) is 11.7 Å². The lowest BCUT2D eigenvalue weighted by atomic mass is 10.2. The van der Waals surface area contributed by atoms with Crippen molar-refractivity contribution in [3.63, 3.8) is 0 Å². The van der Waals surface area contributed by atoms with E-state index in [9.17, 15) is 0 Å². The van der Waals surface area contributed by atoms with Gasteiger partial charge in [-0.2, -0.15) is 0 Å². The predicted molar refractivity (Wildman–Crippen MR) is 78.5 cm³/mol. The van der Waals surface area contributed by atoms with Crippen LogP contribution in [0.3, 0.4) is 0 Å². The summed E-state index contributed by atoms with van der Waals surface area (Å²) in [6.07, 6.45) is 1.00. The van der Waals surface area contributed by atoms with E-state index in [1.54, 1.807) is 0 Å². The minimum absolute atomic E-state index is 0.940. The maximum absolute atomic E-state index is 3.40. The van der Waals surface area contributed by atoms with Crippen LogP contribution in [-0.4, -0.2) is 6.54 Å². The minimum atomic E-state index is 0.940. The zero-order valence-corrected chi connectivity index (χ0v) is 10.7. The molecule has 0 aliphatic heterocycles. The Labute approximate surface area is 109 Å². The van der Waals surface area contributed by atoms with Gasteiger partial charge in [0.25, 0.3) is 0 Å². The molecule has 0 fully saturated rings. The van der Waals surface area contributed by atoms with Crippen molar-refractivity contribution in [2.24, 2.45) is 0 Å². The first-order valence-electron chi connectivity index (χ1n) is 6.28. The van der Waals surface area contributed by atoms with Crippen LogP contribution in [0.4, 0.5) is 11.4 Å². The van der Waals surface area contributed by atoms with Crippen molar-refractivity contribution < 1.29 is 0 Å². The molecule has 2 aromatic carbocycles. The average Bonchev–Trinajstić information content (AvgIpc) is 2.41. The molecule has 0 heterocycles. The van der Waals surface area contributed by atoms with Crippen molar-refractivity contribution >= 4 is 11.4 Å². The maximum atomic E-state index is 3.40. The Balaban J connectivity index is 1.71. The lowest BCUT2D eigenvalue weighted by Crippen LogP contribution is -2.11. The predicted octanol–water partition coefficient (Wildman–Crippen LogP) is 4.15. The quantitative estimate of drug-likeness (QED) is 0.791. The molecule has 0 aromatic heterocycles. The van der Waals surface area contributed by atoms with Gasteiger partial charge < -0.3 is 10.6 Å². The molecule has 2 heteroatoms. The summed E-state index contributed by atoms with van der Waals surface area (Å²) >= 11 is 0. The summed E-state index contributed by atoms with van der Waals surface area (Å²) in [5, 5.41) is 6.81. The third kappa shape index (κ3) is 4.13. The van der Waals surface area contributed by atoms with Gasteiger partial charge in [0.2, 0.25) is 0 Å². The van der Waals surface area contributed by atoms with E-state index in [1.807, 2.05) is 36.4 Å².